The van der Waals surface area contributed by atoms with E-state index in [0.717, 1.165) is 23.4 Å². The summed E-state index contributed by atoms with van der Waals surface area (Å²) < 4.78 is 0.913. The van der Waals surface area contributed by atoms with E-state index in [4.69, 9.17) is 0 Å². The third kappa shape index (κ3) is 4.05. The van der Waals surface area contributed by atoms with E-state index in [1.54, 1.807) is 0 Å². The van der Waals surface area contributed by atoms with Crippen molar-refractivity contribution in [1.82, 2.24) is 15.2 Å². The molecule has 1 saturated heterocycles. The zero-order chi connectivity index (χ0) is 12.1. The van der Waals surface area contributed by atoms with Gasteiger partial charge in [0.2, 0.25) is 0 Å². The highest BCUT2D eigenvalue weighted by atomic mass is 79.9. The summed E-state index contributed by atoms with van der Waals surface area (Å²) in [5.74, 6) is 0. The number of hydrogen-bond acceptors (Lipinski definition) is 3. The van der Waals surface area contributed by atoms with E-state index in [1.807, 2.05) is 12.1 Å². The van der Waals surface area contributed by atoms with E-state index in [9.17, 15) is 0 Å². The fourth-order valence-corrected chi connectivity index (χ4v) is 2.69. The first kappa shape index (κ1) is 13.0. The second-order valence-corrected chi connectivity index (χ2v) is 5.38. The number of likely N-dealkylation sites (tertiary alicyclic amines) is 1. The van der Waals surface area contributed by atoms with Gasteiger partial charge in [-0.25, -0.2) is 4.98 Å². The number of aromatic nitrogens is 1. The minimum Gasteiger partial charge on any atom is -0.307 e. The van der Waals surface area contributed by atoms with Crippen LogP contribution in [0.5, 0.6) is 0 Å². The Morgan fingerprint density at radius 1 is 1.53 bits per heavy atom. The molecule has 1 N–H and O–H groups in total. The Kier molecular flexibility index (Phi) is 4.95. The van der Waals surface area contributed by atoms with Crippen molar-refractivity contribution in [2.24, 2.45) is 0 Å². The third-order valence-electron chi connectivity index (χ3n) is 3.30. The molecule has 17 heavy (non-hydrogen) atoms. The maximum atomic E-state index is 4.44. The van der Waals surface area contributed by atoms with Gasteiger partial charge in [-0.15, -0.1) is 0 Å². The smallest absolute Gasteiger partial charge is 0.106 e. The summed E-state index contributed by atoms with van der Waals surface area (Å²) >= 11 is 3.40. The van der Waals surface area contributed by atoms with Crippen molar-refractivity contribution in [2.75, 3.05) is 19.6 Å². The first-order chi connectivity index (χ1) is 8.28. The molecule has 1 unspecified atom stereocenters. The van der Waals surface area contributed by atoms with Crippen LogP contribution in [0, 0.1) is 0 Å². The lowest BCUT2D eigenvalue weighted by Crippen LogP contribution is -2.45. The van der Waals surface area contributed by atoms with Crippen molar-refractivity contribution in [1.29, 1.82) is 0 Å². The Balaban J connectivity index is 1.81. The lowest BCUT2D eigenvalue weighted by Gasteiger charge is -2.32. The Labute approximate surface area is 112 Å². The fraction of sp³-hybridized carbons (Fsp3) is 0.615. The summed E-state index contributed by atoms with van der Waals surface area (Å²) in [5, 5.41) is 3.60. The molecule has 0 amide bonds. The van der Waals surface area contributed by atoms with Gasteiger partial charge in [0.15, 0.2) is 0 Å². The molecule has 0 aromatic carbocycles. The first-order valence-electron chi connectivity index (χ1n) is 6.35. The lowest BCUT2D eigenvalue weighted by atomic mass is 10.1. The van der Waals surface area contributed by atoms with Crippen molar-refractivity contribution in [2.45, 2.75) is 32.4 Å². The van der Waals surface area contributed by atoms with Gasteiger partial charge in [0.25, 0.3) is 0 Å². The summed E-state index contributed by atoms with van der Waals surface area (Å²) in [5.41, 5.74) is 1.10. The van der Waals surface area contributed by atoms with E-state index < -0.39 is 0 Å². The number of halogens is 1. The molecular weight excluding hydrogens is 278 g/mol. The molecule has 3 nitrogen and oxygen atoms in total. The van der Waals surface area contributed by atoms with Gasteiger partial charge in [-0.2, -0.15) is 0 Å². The average molecular weight is 298 g/mol. The predicted octanol–water partition coefficient (Wildman–Crippen LogP) is 2.42. The molecule has 94 valence electrons. The maximum absolute atomic E-state index is 4.44. The number of piperidine rings is 1. The predicted molar refractivity (Wildman–Crippen MR) is 73.9 cm³/mol. The van der Waals surface area contributed by atoms with Crippen LogP contribution < -0.4 is 5.32 Å². The third-order valence-corrected chi connectivity index (χ3v) is 3.74. The van der Waals surface area contributed by atoms with E-state index in [0.29, 0.717) is 6.04 Å². The molecule has 1 fully saturated rings. The molecule has 0 aliphatic carbocycles. The SMILES string of the molecule is CCN1CCCC(NCc2cccc(Br)n2)C1. The Hall–Kier alpha value is -0.450. The largest absolute Gasteiger partial charge is 0.307 e. The van der Waals surface area contributed by atoms with Crippen LogP contribution in [0.2, 0.25) is 0 Å². The summed E-state index contributed by atoms with van der Waals surface area (Å²) in [6.45, 7) is 6.68. The molecule has 1 aliphatic rings. The standard InChI is InChI=1S/C13H20BrN3/c1-2-17-8-4-6-12(10-17)15-9-11-5-3-7-13(14)16-11/h3,5,7,12,15H,2,4,6,8-10H2,1H3. The summed E-state index contributed by atoms with van der Waals surface area (Å²) in [6.07, 6.45) is 2.59. The van der Waals surface area contributed by atoms with Crippen LogP contribution in [-0.2, 0) is 6.54 Å². The average Bonchev–Trinajstić information content (AvgIpc) is 2.37. The van der Waals surface area contributed by atoms with Crippen molar-refractivity contribution in [3.05, 3.63) is 28.5 Å². The van der Waals surface area contributed by atoms with Crippen LogP contribution in [0.4, 0.5) is 0 Å². The second kappa shape index (κ2) is 6.47. The molecule has 0 radical (unpaired) electrons. The van der Waals surface area contributed by atoms with Gasteiger partial charge in [0.1, 0.15) is 4.60 Å². The zero-order valence-electron chi connectivity index (χ0n) is 10.3. The van der Waals surface area contributed by atoms with Crippen molar-refractivity contribution in [3.63, 3.8) is 0 Å². The van der Waals surface area contributed by atoms with E-state index >= 15 is 0 Å². The van der Waals surface area contributed by atoms with Gasteiger partial charge in [-0.1, -0.05) is 13.0 Å². The molecule has 0 saturated carbocycles. The van der Waals surface area contributed by atoms with Crippen LogP contribution in [0.3, 0.4) is 0 Å². The number of nitrogens with one attached hydrogen (secondary N) is 1. The number of pyridine rings is 1. The monoisotopic (exact) mass is 297 g/mol. The first-order valence-corrected chi connectivity index (χ1v) is 7.14. The highest BCUT2D eigenvalue weighted by Crippen LogP contribution is 2.11. The molecule has 1 aromatic rings. The molecule has 1 atom stereocenters. The summed E-state index contributed by atoms with van der Waals surface area (Å²) in [6, 6.07) is 6.68. The van der Waals surface area contributed by atoms with Crippen molar-refractivity contribution >= 4 is 15.9 Å². The molecule has 2 heterocycles. The highest BCUT2D eigenvalue weighted by Gasteiger charge is 2.17. The van der Waals surface area contributed by atoms with Gasteiger partial charge in [-0.05, 0) is 54.0 Å². The number of rotatable bonds is 4. The number of nitrogens with zero attached hydrogens (tertiary/aromatic N) is 2. The van der Waals surface area contributed by atoms with Gasteiger partial charge < -0.3 is 10.2 Å². The van der Waals surface area contributed by atoms with Crippen LogP contribution in [0.1, 0.15) is 25.5 Å². The normalized spacial score (nSPS) is 21.6. The van der Waals surface area contributed by atoms with E-state index in [-0.39, 0.29) is 0 Å². The second-order valence-electron chi connectivity index (χ2n) is 4.56. The summed E-state index contributed by atoms with van der Waals surface area (Å²) in [7, 11) is 0. The van der Waals surface area contributed by atoms with Gasteiger partial charge >= 0.3 is 0 Å². The van der Waals surface area contributed by atoms with Crippen molar-refractivity contribution in [3.8, 4) is 0 Å². The Morgan fingerprint density at radius 2 is 2.41 bits per heavy atom. The molecule has 1 aliphatic heterocycles. The molecule has 0 bridgehead atoms. The summed E-state index contributed by atoms with van der Waals surface area (Å²) in [4.78, 5) is 6.95. The van der Waals surface area contributed by atoms with Crippen LogP contribution in [0.25, 0.3) is 0 Å². The molecular formula is C13H20BrN3. The maximum Gasteiger partial charge on any atom is 0.106 e. The molecule has 1 aromatic heterocycles. The molecule has 0 spiro atoms. The van der Waals surface area contributed by atoms with E-state index in [2.05, 4.69) is 44.1 Å². The minimum atomic E-state index is 0.615. The zero-order valence-corrected chi connectivity index (χ0v) is 11.9. The fourth-order valence-electron chi connectivity index (χ4n) is 2.31. The topological polar surface area (TPSA) is 28.2 Å². The van der Waals surface area contributed by atoms with Gasteiger partial charge in [0, 0.05) is 19.1 Å². The van der Waals surface area contributed by atoms with Crippen LogP contribution in [-0.4, -0.2) is 35.6 Å². The quantitative estimate of drug-likeness (QED) is 0.865. The number of hydrogen-bond donors (Lipinski definition) is 1. The van der Waals surface area contributed by atoms with Gasteiger partial charge in [0.05, 0.1) is 5.69 Å². The van der Waals surface area contributed by atoms with Gasteiger partial charge in [-0.3, -0.25) is 0 Å². The lowest BCUT2D eigenvalue weighted by molar-refractivity contribution is 0.198. The molecule has 2 rings (SSSR count). The highest BCUT2D eigenvalue weighted by molar-refractivity contribution is 9.10. The Morgan fingerprint density at radius 3 is 3.18 bits per heavy atom. The number of likely N-dealkylation sites (N-methyl/N-ethyl adjacent to an activating group) is 1. The van der Waals surface area contributed by atoms with E-state index in [1.165, 1.54) is 25.9 Å². The van der Waals surface area contributed by atoms with Crippen LogP contribution in [0.15, 0.2) is 22.8 Å². The Bertz CT molecular complexity index is 356. The van der Waals surface area contributed by atoms with Crippen molar-refractivity contribution < 1.29 is 0 Å². The van der Waals surface area contributed by atoms with Crippen LogP contribution >= 0.6 is 15.9 Å². The minimum absolute atomic E-state index is 0.615. The molecule has 4 heteroatoms.